The van der Waals surface area contributed by atoms with Crippen molar-refractivity contribution in [1.29, 1.82) is 0 Å². The molecule has 2 fully saturated rings. The summed E-state index contributed by atoms with van der Waals surface area (Å²) in [6.07, 6.45) is 5.02. The Balaban J connectivity index is 0.00000131. The SMILES string of the molecule is Cl.Cl.O=C(c1cc(Oc2ccccc2)ccn1)N1CCC2(CCNC2)CC1. The number of likely N-dealkylation sites (tertiary alicyclic amines) is 1. The van der Waals surface area contributed by atoms with E-state index in [0.717, 1.165) is 44.8 Å². The molecule has 5 nitrogen and oxygen atoms in total. The van der Waals surface area contributed by atoms with Gasteiger partial charge in [-0.05, 0) is 49.4 Å². The molecule has 2 aliphatic rings. The molecule has 0 radical (unpaired) electrons. The summed E-state index contributed by atoms with van der Waals surface area (Å²) in [5, 5.41) is 3.46. The van der Waals surface area contributed by atoms with E-state index in [1.807, 2.05) is 35.2 Å². The second-order valence-corrected chi connectivity index (χ2v) is 7.01. The van der Waals surface area contributed by atoms with E-state index in [4.69, 9.17) is 4.74 Å². The fourth-order valence-electron chi connectivity index (χ4n) is 3.78. The summed E-state index contributed by atoms with van der Waals surface area (Å²) in [7, 11) is 0. The number of hydrogen-bond acceptors (Lipinski definition) is 4. The van der Waals surface area contributed by atoms with E-state index in [1.165, 1.54) is 6.42 Å². The van der Waals surface area contributed by atoms with Gasteiger partial charge in [-0.3, -0.25) is 9.78 Å². The Labute approximate surface area is 172 Å². The molecule has 0 saturated carbocycles. The molecule has 2 aliphatic heterocycles. The summed E-state index contributed by atoms with van der Waals surface area (Å²) in [6.45, 7) is 3.82. The molecular formula is C20H25Cl2N3O2. The number of rotatable bonds is 3. The van der Waals surface area contributed by atoms with Crippen LogP contribution in [0.3, 0.4) is 0 Å². The van der Waals surface area contributed by atoms with Gasteiger partial charge in [0.05, 0.1) is 0 Å². The topological polar surface area (TPSA) is 54.5 Å². The second-order valence-electron chi connectivity index (χ2n) is 7.01. The number of pyridine rings is 1. The first-order chi connectivity index (χ1) is 12.2. The number of hydrogen-bond donors (Lipinski definition) is 1. The zero-order valence-electron chi connectivity index (χ0n) is 15.1. The molecule has 2 aromatic rings. The van der Waals surface area contributed by atoms with Crippen LogP contribution in [0.4, 0.5) is 0 Å². The van der Waals surface area contributed by atoms with E-state index < -0.39 is 0 Å². The van der Waals surface area contributed by atoms with Crippen LogP contribution in [0.5, 0.6) is 11.5 Å². The minimum Gasteiger partial charge on any atom is -0.457 e. The number of ether oxygens (including phenoxy) is 1. The van der Waals surface area contributed by atoms with Gasteiger partial charge in [0.2, 0.25) is 0 Å². The molecule has 1 spiro atoms. The van der Waals surface area contributed by atoms with Gasteiger partial charge in [-0.25, -0.2) is 0 Å². The molecule has 2 saturated heterocycles. The van der Waals surface area contributed by atoms with Crippen LogP contribution in [-0.4, -0.2) is 42.0 Å². The Hall–Kier alpha value is -1.82. The van der Waals surface area contributed by atoms with Gasteiger partial charge in [-0.1, -0.05) is 18.2 Å². The molecule has 4 rings (SSSR count). The van der Waals surface area contributed by atoms with Crippen LogP contribution >= 0.6 is 24.8 Å². The molecule has 1 amide bonds. The maximum absolute atomic E-state index is 12.8. The van der Waals surface area contributed by atoms with Crippen LogP contribution in [0.15, 0.2) is 48.7 Å². The number of piperidine rings is 1. The van der Waals surface area contributed by atoms with Gasteiger partial charge in [0.1, 0.15) is 17.2 Å². The summed E-state index contributed by atoms with van der Waals surface area (Å²) < 4.78 is 5.81. The van der Waals surface area contributed by atoms with Crippen LogP contribution in [-0.2, 0) is 0 Å². The maximum atomic E-state index is 12.8. The predicted molar refractivity (Wildman–Crippen MR) is 110 cm³/mol. The van der Waals surface area contributed by atoms with Crippen molar-refractivity contribution in [2.75, 3.05) is 26.2 Å². The Morgan fingerprint density at radius 3 is 2.44 bits per heavy atom. The second kappa shape index (κ2) is 9.40. The minimum absolute atomic E-state index is 0. The Kier molecular flexibility index (Phi) is 7.48. The van der Waals surface area contributed by atoms with Crippen molar-refractivity contribution < 1.29 is 9.53 Å². The monoisotopic (exact) mass is 409 g/mol. The Morgan fingerprint density at radius 2 is 1.78 bits per heavy atom. The highest BCUT2D eigenvalue weighted by molar-refractivity contribution is 5.92. The zero-order valence-corrected chi connectivity index (χ0v) is 16.7. The highest BCUT2D eigenvalue weighted by Crippen LogP contribution is 2.37. The zero-order chi connectivity index (χ0) is 17.1. The third kappa shape index (κ3) is 4.92. The van der Waals surface area contributed by atoms with Crippen LogP contribution in [0, 0.1) is 5.41 Å². The van der Waals surface area contributed by atoms with Gasteiger partial charge in [-0.15, -0.1) is 24.8 Å². The van der Waals surface area contributed by atoms with Gasteiger partial charge < -0.3 is 15.0 Å². The first-order valence-corrected chi connectivity index (χ1v) is 8.93. The van der Waals surface area contributed by atoms with Gasteiger partial charge in [0, 0.05) is 31.9 Å². The number of para-hydroxylation sites is 1. The lowest BCUT2D eigenvalue weighted by Crippen LogP contribution is -2.44. The Bertz CT molecular complexity index is 742. The van der Waals surface area contributed by atoms with Gasteiger partial charge in [-0.2, -0.15) is 0 Å². The fraction of sp³-hybridized carbons (Fsp3) is 0.400. The number of halogens is 2. The number of benzene rings is 1. The maximum Gasteiger partial charge on any atom is 0.272 e. The molecular weight excluding hydrogens is 385 g/mol. The Morgan fingerprint density at radius 1 is 1.04 bits per heavy atom. The average molecular weight is 410 g/mol. The summed E-state index contributed by atoms with van der Waals surface area (Å²) >= 11 is 0. The average Bonchev–Trinajstić information content (AvgIpc) is 3.11. The number of nitrogens with one attached hydrogen (secondary N) is 1. The molecule has 1 aromatic carbocycles. The third-order valence-electron chi connectivity index (χ3n) is 5.37. The molecule has 0 aliphatic carbocycles. The normalized spacial score (nSPS) is 17.7. The van der Waals surface area contributed by atoms with Crippen LogP contribution in [0.25, 0.3) is 0 Å². The molecule has 0 unspecified atom stereocenters. The first kappa shape index (κ1) is 21.5. The van der Waals surface area contributed by atoms with Gasteiger partial charge in [0.25, 0.3) is 5.91 Å². The molecule has 0 atom stereocenters. The van der Waals surface area contributed by atoms with E-state index in [2.05, 4.69) is 10.3 Å². The van der Waals surface area contributed by atoms with Crippen molar-refractivity contribution in [3.63, 3.8) is 0 Å². The quantitative estimate of drug-likeness (QED) is 0.833. The minimum atomic E-state index is -0.000632. The van der Waals surface area contributed by atoms with E-state index in [1.54, 1.807) is 18.3 Å². The van der Waals surface area contributed by atoms with Crippen molar-refractivity contribution in [3.8, 4) is 11.5 Å². The van der Waals surface area contributed by atoms with Crippen molar-refractivity contribution in [3.05, 3.63) is 54.4 Å². The van der Waals surface area contributed by atoms with Crippen molar-refractivity contribution >= 4 is 30.7 Å². The smallest absolute Gasteiger partial charge is 0.272 e. The van der Waals surface area contributed by atoms with E-state index in [0.29, 0.717) is 16.9 Å². The molecule has 0 bridgehead atoms. The highest BCUT2D eigenvalue weighted by atomic mass is 35.5. The number of amides is 1. The van der Waals surface area contributed by atoms with Crippen LogP contribution in [0.2, 0.25) is 0 Å². The predicted octanol–water partition coefficient (Wildman–Crippen LogP) is 3.93. The van der Waals surface area contributed by atoms with E-state index in [9.17, 15) is 4.79 Å². The third-order valence-corrected chi connectivity index (χ3v) is 5.37. The van der Waals surface area contributed by atoms with Crippen molar-refractivity contribution in [2.24, 2.45) is 5.41 Å². The van der Waals surface area contributed by atoms with Crippen LogP contribution in [0.1, 0.15) is 29.8 Å². The first-order valence-electron chi connectivity index (χ1n) is 8.93. The van der Waals surface area contributed by atoms with Crippen molar-refractivity contribution in [2.45, 2.75) is 19.3 Å². The number of aromatic nitrogens is 1. The molecule has 1 aromatic heterocycles. The molecule has 1 N–H and O–H groups in total. The highest BCUT2D eigenvalue weighted by Gasteiger charge is 2.38. The summed E-state index contributed by atoms with van der Waals surface area (Å²) in [5.41, 5.74) is 0.858. The van der Waals surface area contributed by atoms with E-state index >= 15 is 0 Å². The number of nitrogens with zero attached hydrogens (tertiary/aromatic N) is 2. The summed E-state index contributed by atoms with van der Waals surface area (Å²) in [4.78, 5) is 19.0. The fourth-order valence-corrected chi connectivity index (χ4v) is 3.78. The largest absolute Gasteiger partial charge is 0.457 e. The van der Waals surface area contributed by atoms with E-state index in [-0.39, 0.29) is 30.7 Å². The molecule has 7 heteroatoms. The molecule has 3 heterocycles. The van der Waals surface area contributed by atoms with Crippen molar-refractivity contribution in [1.82, 2.24) is 15.2 Å². The number of carbonyl (C=O) groups is 1. The summed E-state index contributed by atoms with van der Waals surface area (Å²) in [5.74, 6) is 1.39. The molecule has 27 heavy (non-hydrogen) atoms. The lowest BCUT2D eigenvalue weighted by Gasteiger charge is -2.38. The molecule has 146 valence electrons. The summed E-state index contributed by atoms with van der Waals surface area (Å²) in [6, 6.07) is 13.1. The lowest BCUT2D eigenvalue weighted by molar-refractivity contribution is 0.0601. The number of carbonyl (C=O) groups excluding carboxylic acids is 1. The lowest BCUT2D eigenvalue weighted by atomic mass is 9.78. The van der Waals surface area contributed by atoms with Gasteiger partial charge in [0.15, 0.2) is 0 Å². The van der Waals surface area contributed by atoms with Gasteiger partial charge >= 0.3 is 0 Å². The van der Waals surface area contributed by atoms with Crippen LogP contribution < -0.4 is 10.1 Å². The standard InChI is InChI=1S/C20H23N3O2.2ClH/c24-19(23-12-8-20(9-13-23)7-11-21-15-20)18-14-17(6-10-22-18)25-16-4-2-1-3-5-16;;/h1-6,10,14,21H,7-9,11-13,15H2;2*1H.